The van der Waals surface area contributed by atoms with E-state index in [-0.39, 0.29) is 5.78 Å². The number of ether oxygens (including phenoxy) is 1. The highest BCUT2D eigenvalue weighted by molar-refractivity contribution is 5.91. The predicted molar refractivity (Wildman–Crippen MR) is 35.3 cm³/mol. The first-order chi connectivity index (χ1) is 4.74. The fraction of sp³-hybridized carbons (Fsp3) is 0.286. The van der Waals surface area contributed by atoms with E-state index in [0.29, 0.717) is 11.7 Å². The third-order valence-corrected chi connectivity index (χ3v) is 1.13. The number of hydrogen-bond acceptors (Lipinski definition) is 3. The number of carbonyl (C=O) groups is 1. The Morgan fingerprint density at radius 1 is 1.60 bits per heavy atom. The maximum Gasteiger partial charge on any atom is 0.284 e. The number of Topliss-reactive ketones (excluding diaryl/α,β-unsaturated/α-hetero) is 1. The molecule has 1 aromatic rings. The Hall–Kier alpha value is -1.25. The Kier molecular flexibility index (Phi) is 1.76. The molecule has 0 radical (unpaired) electrons. The summed E-state index contributed by atoms with van der Waals surface area (Å²) in [4.78, 5) is 10.6. The van der Waals surface area contributed by atoms with Gasteiger partial charge in [-0.05, 0) is 6.07 Å². The average Bonchev–Trinajstić information content (AvgIpc) is 2.34. The molecule has 0 aliphatic rings. The van der Waals surface area contributed by atoms with Crippen LogP contribution in [0.1, 0.15) is 17.5 Å². The minimum absolute atomic E-state index is 0.0942. The molecule has 1 aromatic heterocycles. The Morgan fingerprint density at radius 3 is 2.60 bits per heavy atom. The minimum Gasteiger partial charge on any atom is -0.468 e. The van der Waals surface area contributed by atoms with Crippen LogP contribution in [-0.4, -0.2) is 12.9 Å². The molecule has 0 unspecified atom stereocenters. The van der Waals surface area contributed by atoms with E-state index in [0.717, 1.165) is 0 Å². The summed E-state index contributed by atoms with van der Waals surface area (Å²) < 4.78 is 9.65. The monoisotopic (exact) mass is 140 g/mol. The van der Waals surface area contributed by atoms with Gasteiger partial charge in [0.1, 0.15) is 0 Å². The van der Waals surface area contributed by atoms with Gasteiger partial charge in [-0.2, -0.15) is 0 Å². The molecule has 0 spiro atoms. The van der Waals surface area contributed by atoms with E-state index in [9.17, 15) is 4.79 Å². The van der Waals surface area contributed by atoms with Gasteiger partial charge in [-0.25, -0.2) is 0 Å². The maximum absolute atomic E-state index is 10.6. The summed E-state index contributed by atoms with van der Waals surface area (Å²) >= 11 is 0. The molecule has 0 saturated heterocycles. The summed E-state index contributed by atoms with van der Waals surface area (Å²) in [5, 5.41) is 0. The molecule has 0 fully saturated rings. The molecule has 10 heavy (non-hydrogen) atoms. The molecule has 1 rings (SSSR count). The molecule has 0 aliphatic carbocycles. The van der Waals surface area contributed by atoms with Crippen LogP contribution in [0.2, 0.25) is 0 Å². The molecule has 3 nitrogen and oxygen atoms in total. The summed E-state index contributed by atoms with van der Waals surface area (Å²) in [7, 11) is 1.49. The number of rotatable bonds is 2. The first kappa shape index (κ1) is 6.86. The summed E-state index contributed by atoms with van der Waals surface area (Å²) in [5.74, 6) is 0.602. The van der Waals surface area contributed by atoms with Gasteiger partial charge in [0.05, 0.1) is 7.11 Å². The standard InChI is InChI=1S/C7H8O3/c1-5(8)6-3-4-7(9-2)10-6/h3-4H,1-2H3. The van der Waals surface area contributed by atoms with Gasteiger partial charge in [-0.3, -0.25) is 4.79 Å². The van der Waals surface area contributed by atoms with Crippen LogP contribution in [0.25, 0.3) is 0 Å². The van der Waals surface area contributed by atoms with E-state index < -0.39 is 0 Å². The SMILES string of the molecule is COc1ccc(C(C)=O)o1. The Bertz CT molecular complexity index is 237. The van der Waals surface area contributed by atoms with Gasteiger partial charge in [0, 0.05) is 13.0 Å². The van der Waals surface area contributed by atoms with Crippen LogP contribution >= 0.6 is 0 Å². The fourth-order valence-electron chi connectivity index (χ4n) is 0.619. The van der Waals surface area contributed by atoms with Gasteiger partial charge >= 0.3 is 0 Å². The molecule has 0 aliphatic heterocycles. The number of ketones is 1. The van der Waals surface area contributed by atoms with Crippen LogP contribution < -0.4 is 4.74 Å². The van der Waals surface area contributed by atoms with Gasteiger partial charge in [0.15, 0.2) is 11.5 Å². The van der Waals surface area contributed by atoms with E-state index >= 15 is 0 Å². The first-order valence-electron chi connectivity index (χ1n) is 2.89. The van der Waals surface area contributed by atoms with Gasteiger partial charge in [-0.15, -0.1) is 0 Å². The molecule has 1 heterocycles. The van der Waals surface area contributed by atoms with E-state index in [1.165, 1.54) is 14.0 Å². The van der Waals surface area contributed by atoms with E-state index in [2.05, 4.69) is 0 Å². The highest BCUT2D eigenvalue weighted by Crippen LogP contribution is 2.14. The zero-order chi connectivity index (χ0) is 7.56. The minimum atomic E-state index is -0.0942. The molecule has 0 atom stereocenters. The Morgan fingerprint density at radius 2 is 2.30 bits per heavy atom. The van der Waals surface area contributed by atoms with E-state index in [1.54, 1.807) is 12.1 Å². The molecular weight excluding hydrogens is 132 g/mol. The van der Waals surface area contributed by atoms with Crippen molar-refractivity contribution in [1.82, 2.24) is 0 Å². The molecule has 54 valence electrons. The molecule has 0 aromatic carbocycles. The topological polar surface area (TPSA) is 39.4 Å². The first-order valence-corrected chi connectivity index (χ1v) is 2.89. The van der Waals surface area contributed by atoms with Crippen molar-refractivity contribution >= 4 is 5.78 Å². The van der Waals surface area contributed by atoms with E-state index in [4.69, 9.17) is 9.15 Å². The lowest BCUT2D eigenvalue weighted by Gasteiger charge is -1.89. The number of carbonyl (C=O) groups excluding carboxylic acids is 1. The largest absolute Gasteiger partial charge is 0.468 e. The maximum atomic E-state index is 10.6. The highest BCUT2D eigenvalue weighted by Gasteiger charge is 2.04. The fourth-order valence-corrected chi connectivity index (χ4v) is 0.619. The van der Waals surface area contributed by atoms with Crippen molar-refractivity contribution in [2.75, 3.05) is 7.11 Å². The third-order valence-electron chi connectivity index (χ3n) is 1.13. The second-order valence-electron chi connectivity index (χ2n) is 1.88. The normalized spacial score (nSPS) is 9.40. The van der Waals surface area contributed by atoms with Crippen molar-refractivity contribution < 1.29 is 13.9 Å². The van der Waals surface area contributed by atoms with Crippen LogP contribution in [0.15, 0.2) is 16.5 Å². The molecule has 3 heteroatoms. The number of hydrogen-bond donors (Lipinski definition) is 0. The second kappa shape index (κ2) is 2.56. The number of furan rings is 1. The summed E-state index contributed by atoms with van der Waals surface area (Å²) in [5.41, 5.74) is 0. The molecule has 0 amide bonds. The van der Waals surface area contributed by atoms with Crippen LogP contribution in [-0.2, 0) is 0 Å². The third kappa shape index (κ3) is 1.18. The zero-order valence-electron chi connectivity index (χ0n) is 5.88. The zero-order valence-corrected chi connectivity index (χ0v) is 5.88. The van der Waals surface area contributed by atoms with Gasteiger partial charge in [-0.1, -0.05) is 0 Å². The van der Waals surface area contributed by atoms with Gasteiger partial charge in [0.25, 0.3) is 5.95 Å². The highest BCUT2D eigenvalue weighted by atomic mass is 16.6. The smallest absolute Gasteiger partial charge is 0.284 e. The quantitative estimate of drug-likeness (QED) is 0.584. The molecule has 0 N–H and O–H groups in total. The summed E-state index contributed by atoms with van der Waals surface area (Å²) in [6.07, 6.45) is 0. The van der Waals surface area contributed by atoms with Crippen LogP contribution in [0.3, 0.4) is 0 Å². The van der Waals surface area contributed by atoms with Crippen LogP contribution in [0.5, 0.6) is 5.95 Å². The van der Waals surface area contributed by atoms with Crippen molar-refractivity contribution in [2.45, 2.75) is 6.92 Å². The molecule has 0 bridgehead atoms. The van der Waals surface area contributed by atoms with Crippen molar-refractivity contribution in [3.63, 3.8) is 0 Å². The molecule has 0 saturated carbocycles. The second-order valence-corrected chi connectivity index (χ2v) is 1.88. The van der Waals surface area contributed by atoms with Gasteiger partial charge < -0.3 is 9.15 Å². The van der Waals surface area contributed by atoms with Gasteiger partial charge in [0.2, 0.25) is 0 Å². The lowest BCUT2D eigenvalue weighted by atomic mass is 10.3. The molecular formula is C7H8O3. The van der Waals surface area contributed by atoms with Crippen molar-refractivity contribution in [2.24, 2.45) is 0 Å². The Labute approximate surface area is 58.6 Å². The summed E-state index contributed by atoms with van der Waals surface area (Å²) in [6, 6.07) is 3.19. The Balaban J connectivity index is 2.88. The van der Waals surface area contributed by atoms with Crippen molar-refractivity contribution in [3.05, 3.63) is 17.9 Å². The lowest BCUT2D eigenvalue weighted by Crippen LogP contribution is -1.86. The van der Waals surface area contributed by atoms with E-state index in [1.807, 2.05) is 0 Å². The van der Waals surface area contributed by atoms with Crippen molar-refractivity contribution in [3.8, 4) is 5.95 Å². The number of methoxy groups -OCH3 is 1. The average molecular weight is 140 g/mol. The van der Waals surface area contributed by atoms with Crippen molar-refractivity contribution in [1.29, 1.82) is 0 Å². The lowest BCUT2D eigenvalue weighted by molar-refractivity contribution is 0.0981. The van der Waals surface area contributed by atoms with Crippen LogP contribution in [0, 0.1) is 0 Å². The van der Waals surface area contributed by atoms with Crippen LogP contribution in [0.4, 0.5) is 0 Å². The summed E-state index contributed by atoms with van der Waals surface area (Å²) in [6.45, 7) is 1.44. The predicted octanol–water partition coefficient (Wildman–Crippen LogP) is 1.49.